The molecule has 0 bridgehead atoms. The predicted octanol–water partition coefficient (Wildman–Crippen LogP) is 1.84. The van der Waals surface area contributed by atoms with Gasteiger partial charge in [-0.25, -0.2) is 5.43 Å². The molecule has 0 radical (unpaired) electrons. The Hall–Kier alpha value is -1.64. The number of amides is 1. The van der Waals surface area contributed by atoms with Gasteiger partial charge in [0.2, 0.25) is 5.91 Å². The van der Waals surface area contributed by atoms with Crippen molar-refractivity contribution < 1.29 is 4.79 Å². The molecule has 1 amide bonds. The van der Waals surface area contributed by atoms with Gasteiger partial charge in [0.15, 0.2) is 0 Å². The van der Waals surface area contributed by atoms with E-state index in [1.165, 1.54) is 16.7 Å². The van der Waals surface area contributed by atoms with E-state index in [1.54, 1.807) is 0 Å². The van der Waals surface area contributed by atoms with E-state index in [1.807, 2.05) is 0 Å². The highest BCUT2D eigenvalue weighted by atomic mass is 16.2. The van der Waals surface area contributed by atoms with Crippen molar-refractivity contribution in [3.63, 3.8) is 0 Å². The number of nitrogens with zero attached hydrogens (tertiary/aromatic N) is 1. The molecule has 78 valence electrons. The van der Waals surface area contributed by atoms with Crippen molar-refractivity contribution >= 4 is 11.6 Å². The molecule has 1 aliphatic rings. The van der Waals surface area contributed by atoms with Gasteiger partial charge in [0, 0.05) is 5.56 Å². The van der Waals surface area contributed by atoms with Crippen LogP contribution in [0, 0.1) is 20.8 Å². The number of carbonyl (C=O) groups is 1. The van der Waals surface area contributed by atoms with Crippen molar-refractivity contribution in [3.8, 4) is 0 Å². The SMILES string of the molecule is Cc1cc(C)c(C2=NNC(=O)C2)c(C)c1. The Labute approximate surface area is 89.2 Å². The van der Waals surface area contributed by atoms with E-state index < -0.39 is 0 Å². The highest BCUT2D eigenvalue weighted by Gasteiger charge is 2.19. The lowest BCUT2D eigenvalue weighted by molar-refractivity contribution is -0.119. The minimum Gasteiger partial charge on any atom is -0.273 e. The van der Waals surface area contributed by atoms with Crippen LogP contribution in [0.4, 0.5) is 0 Å². The molecule has 1 N–H and O–H groups in total. The van der Waals surface area contributed by atoms with Gasteiger partial charge in [-0.05, 0) is 31.9 Å². The van der Waals surface area contributed by atoms with Crippen molar-refractivity contribution in [2.24, 2.45) is 5.10 Å². The summed E-state index contributed by atoms with van der Waals surface area (Å²) in [4.78, 5) is 11.1. The first-order valence-electron chi connectivity index (χ1n) is 5.01. The maximum atomic E-state index is 11.1. The van der Waals surface area contributed by atoms with E-state index in [0.717, 1.165) is 11.3 Å². The summed E-state index contributed by atoms with van der Waals surface area (Å²) >= 11 is 0. The van der Waals surface area contributed by atoms with Crippen LogP contribution < -0.4 is 5.43 Å². The fraction of sp³-hybridized carbons (Fsp3) is 0.333. The van der Waals surface area contributed by atoms with Crippen LogP contribution >= 0.6 is 0 Å². The summed E-state index contributed by atoms with van der Waals surface area (Å²) in [6.07, 6.45) is 0.394. The first-order valence-corrected chi connectivity index (χ1v) is 5.01. The van der Waals surface area contributed by atoms with Gasteiger partial charge in [0.05, 0.1) is 12.1 Å². The van der Waals surface area contributed by atoms with Crippen LogP contribution in [-0.4, -0.2) is 11.6 Å². The summed E-state index contributed by atoms with van der Waals surface area (Å²) in [6, 6.07) is 4.24. The van der Waals surface area contributed by atoms with E-state index in [-0.39, 0.29) is 5.91 Å². The second-order valence-corrected chi connectivity index (χ2v) is 4.04. The minimum absolute atomic E-state index is 0.0237. The summed E-state index contributed by atoms with van der Waals surface area (Å²) in [5.41, 5.74) is 8.06. The average Bonchev–Trinajstić information content (AvgIpc) is 2.49. The number of hydrogen-bond donors (Lipinski definition) is 1. The number of rotatable bonds is 1. The molecule has 0 saturated carbocycles. The van der Waals surface area contributed by atoms with Crippen molar-refractivity contribution in [2.75, 3.05) is 0 Å². The van der Waals surface area contributed by atoms with Crippen LogP contribution in [0.5, 0.6) is 0 Å². The molecule has 1 aromatic rings. The number of benzene rings is 1. The van der Waals surface area contributed by atoms with Gasteiger partial charge in [-0.15, -0.1) is 0 Å². The standard InChI is InChI=1S/C12H14N2O/c1-7-4-8(2)12(9(3)5-7)10-6-11(15)14-13-10/h4-5H,6H2,1-3H3,(H,14,15). The molecule has 0 spiro atoms. The average molecular weight is 202 g/mol. The van der Waals surface area contributed by atoms with E-state index in [4.69, 9.17) is 0 Å². The zero-order valence-electron chi connectivity index (χ0n) is 9.22. The molecule has 3 heteroatoms. The van der Waals surface area contributed by atoms with Crippen molar-refractivity contribution in [1.29, 1.82) is 0 Å². The number of nitrogens with one attached hydrogen (secondary N) is 1. The smallest absolute Gasteiger partial charge is 0.246 e. The summed E-state index contributed by atoms with van der Waals surface area (Å²) in [5.74, 6) is -0.0237. The van der Waals surface area contributed by atoms with Crippen LogP contribution in [0.15, 0.2) is 17.2 Å². The maximum Gasteiger partial charge on any atom is 0.246 e. The van der Waals surface area contributed by atoms with Crippen molar-refractivity contribution in [1.82, 2.24) is 5.43 Å². The predicted molar refractivity (Wildman–Crippen MR) is 59.9 cm³/mol. The summed E-state index contributed by atoms with van der Waals surface area (Å²) < 4.78 is 0. The first-order chi connectivity index (χ1) is 7.08. The molecule has 15 heavy (non-hydrogen) atoms. The zero-order chi connectivity index (χ0) is 11.0. The minimum atomic E-state index is -0.0237. The fourth-order valence-electron chi connectivity index (χ4n) is 2.14. The van der Waals surface area contributed by atoms with Gasteiger partial charge in [-0.1, -0.05) is 17.7 Å². The summed E-state index contributed by atoms with van der Waals surface area (Å²) in [5, 5.41) is 4.06. The van der Waals surface area contributed by atoms with Crippen molar-refractivity contribution in [3.05, 3.63) is 34.4 Å². The van der Waals surface area contributed by atoms with Gasteiger partial charge in [-0.3, -0.25) is 4.79 Å². The molecule has 0 atom stereocenters. The fourth-order valence-corrected chi connectivity index (χ4v) is 2.14. The highest BCUT2D eigenvalue weighted by molar-refractivity contribution is 6.14. The van der Waals surface area contributed by atoms with E-state index >= 15 is 0 Å². The molecule has 0 aliphatic carbocycles. The number of aryl methyl sites for hydroxylation is 3. The Bertz CT molecular complexity index is 438. The summed E-state index contributed by atoms with van der Waals surface area (Å²) in [7, 11) is 0. The van der Waals surface area contributed by atoms with Gasteiger partial charge in [0.1, 0.15) is 0 Å². The molecule has 1 aliphatic heterocycles. The third-order valence-corrected chi connectivity index (χ3v) is 2.61. The largest absolute Gasteiger partial charge is 0.273 e. The first kappa shape index (κ1) is 9.90. The Morgan fingerprint density at radius 3 is 2.27 bits per heavy atom. The molecule has 0 unspecified atom stereocenters. The molecule has 0 saturated heterocycles. The maximum absolute atomic E-state index is 11.1. The normalized spacial score (nSPS) is 15.1. The number of carbonyl (C=O) groups excluding carboxylic acids is 1. The quantitative estimate of drug-likeness (QED) is 0.741. The molecular formula is C12H14N2O. The Kier molecular flexibility index (Phi) is 2.31. The lowest BCUT2D eigenvalue weighted by atomic mass is 9.95. The van der Waals surface area contributed by atoms with E-state index in [2.05, 4.69) is 43.4 Å². The van der Waals surface area contributed by atoms with Gasteiger partial charge < -0.3 is 0 Å². The Morgan fingerprint density at radius 1 is 1.20 bits per heavy atom. The molecule has 2 rings (SSSR count). The molecule has 1 aromatic carbocycles. The van der Waals surface area contributed by atoms with Gasteiger partial charge in [-0.2, -0.15) is 5.10 Å². The van der Waals surface area contributed by atoms with E-state index in [0.29, 0.717) is 6.42 Å². The molecule has 3 nitrogen and oxygen atoms in total. The Morgan fingerprint density at radius 2 is 1.80 bits per heavy atom. The highest BCUT2D eigenvalue weighted by Crippen LogP contribution is 2.20. The molecular weight excluding hydrogens is 188 g/mol. The Balaban J connectivity index is 2.49. The van der Waals surface area contributed by atoms with Crippen LogP contribution in [0.2, 0.25) is 0 Å². The molecule has 0 fully saturated rings. The van der Waals surface area contributed by atoms with Gasteiger partial charge >= 0.3 is 0 Å². The van der Waals surface area contributed by atoms with Crippen LogP contribution in [0.3, 0.4) is 0 Å². The van der Waals surface area contributed by atoms with Crippen molar-refractivity contribution in [2.45, 2.75) is 27.2 Å². The second kappa shape index (κ2) is 3.50. The molecule has 1 heterocycles. The van der Waals surface area contributed by atoms with Crippen LogP contribution in [-0.2, 0) is 4.79 Å². The topological polar surface area (TPSA) is 41.5 Å². The summed E-state index contributed by atoms with van der Waals surface area (Å²) in [6.45, 7) is 6.19. The van der Waals surface area contributed by atoms with Gasteiger partial charge in [0.25, 0.3) is 0 Å². The lowest BCUT2D eigenvalue weighted by Crippen LogP contribution is -2.10. The number of hydrazone groups is 1. The third-order valence-electron chi connectivity index (χ3n) is 2.61. The number of hydrogen-bond acceptors (Lipinski definition) is 2. The van der Waals surface area contributed by atoms with Crippen LogP contribution in [0.25, 0.3) is 0 Å². The van der Waals surface area contributed by atoms with Crippen LogP contribution in [0.1, 0.15) is 28.7 Å². The third kappa shape index (κ3) is 1.77. The lowest BCUT2D eigenvalue weighted by Gasteiger charge is -2.09. The van der Waals surface area contributed by atoms with E-state index in [9.17, 15) is 4.79 Å². The molecule has 0 aromatic heterocycles. The monoisotopic (exact) mass is 202 g/mol. The zero-order valence-corrected chi connectivity index (χ0v) is 9.22. The second-order valence-electron chi connectivity index (χ2n) is 4.04.